The Morgan fingerprint density at radius 3 is 2.28 bits per heavy atom. The van der Waals surface area contributed by atoms with Gasteiger partial charge < -0.3 is 10.2 Å². The first-order valence-electron chi connectivity index (χ1n) is 11.0. The van der Waals surface area contributed by atoms with Gasteiger partial charge in [-0.25, -0.2) is 13.1 Å². The Morgan fingerprint density at radius 2 is 1.69 bits per heavy atom. The summed E-state index contributed by atoms with van der Waals surface area (Å²) in [5.41, 5.74) is 1.82. The molecule has 1 aliphatic carbocycles. The third-order valence-corrected chi connectivity index (χ3v) is 7.01. The molecule has 0 bridgehead atoms. The molecule has 2 amide bonds. The molecule has 1 saturated carbocycles. The molecule has 0 aliphatic heterocycles. The van der Waals surface area contributed by atoms with Crippen LogP contribution in [-0.2, 0) is 32.6 Å². The van der Waals surface area contributed by atoms with Crippen molar-refractivity contribution in [2.45, 2.75) is 63.1 Å². The number of carbonyl (C=O) groups is 2. The Kier molecular flexibility index (Phi) is 8.04. The summed E-state index contributed by atoms with van der Waals surface area (Å²) in [4.78, 5) is 27.3. The lowest BCUT2D eigenvalue weighted by molar-refractivity contribution is -0.140. The molecule has 3 rings (SSSR count). The molecule has 32 heavy (non-hydrogen) atoms. The Balaban J connectivity index is 1.65. The second kappa shape index (κ2) is 10.7. The zero-order valence-electron chi connectivity index (χ0n) is 18.6. The molecule has 8 heteroatoms. The fourth-order valence-corrected chi connectivity index (χ4v) is 4.71. The van der Waals surface area contributed by atoms with Crippen LogP contribution in [0.2, 0.25) is 0 Å². The first-order chi connectivity index (χ1) is 15.3. The van der Waals surface area contributed by atoms with Gasteiger partial charge in [0.2, 0.25) is 21.8 Å². The summed E-state index contributed by atoms with van der Waals surface area (Å²) in [5, 5.41) is 2.78. The van der Waals surface area contributed by atoms with Crippen molar-refractivity contribution in [2.75, 3.05) is 6.54 Å². The average Bonchev–Trinajstić information content (AvgIpc) is 3.60. The van der Waals surface area contributed by atoms with E-state index in [4.69, 9.17) is 0 Å². The summed E-state index contributed by atoms with van der Waals surface area (Å²) < 4.78 is 27.3. The largest absolute Gasteiger partial charge is 0.355 e. The maximum absolute atomic E-state index is 13.1. The van der Waals surface area contributed by atoms with Crippen LogP contribution in [0, 0.1) is 0 Å². The van der Waals surface area contributed by atoms with Crippen molar-refractivity contribution in [1.29, 1.82) is 0 Å². The van der Waals surface area contributed by atoms with Crippen molar-refractivity contribution in [3.05, 3.63) is 65.7 Å². The number of sulfonamides is 1. The molecule has 2 aromatic rings. The molecular formula is C24H31N3O4S. The maximum Gasteiger partial charge on any atom is 0.242 e. The van der Waals surface area contributed by atoms with E-state index in [1.807, 2.05) is 37.3 Å². The molecular weight excluding hydrogens is 426 g/mol. The number of benzene rings is 2. The molecule has 7 nitrogen and oxygen atoms in total. The van der Waals surface area contributed by atoms with E-state index in [0.717, 1.165) is 24.0 Å². The molecule has 0 radical (unpaired) electrons. The molecule has 2 aromatic carbocycles. The quantitative estimate of drug-likeness (QED) is 0.542. The molecule has 1 fully saturated rings. The molecule has 0 saturated heterocycles. The Hall–Kier alpha value is -2.71. The highest BCUT2D eigenvalue weighted by Gasteiger charge is 2.28. The van der Waals surface area contributed by atoms with E-state index in [1.165, 1.54) is 0 Å². The lowest BCUT2D eigenvalue weighted by atomic mass is 10.1. The number of nitrogens with zero attached hydrogens (tertiary/aromatic N) is 1. The van der Waals surface area contributed by atoms with Crippen LogP contribution in [0.25, 0.3) is 0 Å². The number of nitrogens with one attached hydrogen (secondary N) is 2. The van der Waals surface area contributed by atoms with Gasteiger partial charge in [-0.2, -0.15) is 0 Å². The van der Waals surface area contributed by atoms with Gasteiger partial charge in [-0.05, 0) is 56.4 Å². The maximum atomic E-state index is 13.1. The van der Waals surface area contributed by atoms with Crippen LogP contribution in [0.1, 0.15) is 44.2 Å². The molecule has 1 aliphatic rings. The molecule has 0 spiro atoms. The second-order valence-corrected chi connectivity index (χ2v) is 9.83. The van der Waals surface area contributed by atoms with Gasteiger partial charge in [0.1, 0.15) is 6.04 Å². The van der Waals surface area contributed by atoms with Crippen LogP contribution in [0.3, 0.4) is 0 Å². The van der Waals surface area contributed by atoms with E-state index in [9.17, 15) is 18.0 Å². The van der Waals surface area contributed by atoms with E-state index in [2.05, 4.69) is 10.0 Å². The van der Waals surface area contributed by atoms with Crippen LogP contribution in [0.4, 0.5) is 0 Å². The summed E-state index contributed by atoms with van der Waals surface area (Å²) in [6, 6.07) is 15.7. The predicted octanol–water partition coefficient (Wildman–Crippen LogP) is 2.61. The second-order valence-electron chi connectivity index (χ2n) is 8.12. The molecule has 0 heterocycles. The van der Waals surface area contributed by atoms with Crippen LogP contribution >= 0.6 is 0 Å². The third-order valence-electron chi connectivity index (χ3n) is 5.47. The lowest BCUT2D eigenvalue weighted by Crippen LogP contribution is -2.47. The molecule has 172 valence electrons. The van der Waals surface area contributed by atoms with Crippen LogP contribution in [0.15, 0.2) is 59.5 Å². The minimum absolute atomic E-state index is 0.0554. The topological polar surface area (TPSA) is 95.6 Å². The first kappa shape index (κ1) is 23.9. The van der Waals surface area contributed by atoms with Gasteiger partial charge in [0, 0.05) is 25.6 Å². The number of hydrogen-bond donors (Lipinski definition) is 2. The monoisotopic (exact) mass is 457 g/mol. The highest BCUT2D eigenvalue weighted by molar-refractivity contribution is 7.89. The summed E-state index contributed by atoms with van der Waals surface area (Å²) >= 11 is 0. The zero-order chi connectivity index (χ0) is 23.1. The van der Waals surface area contributed by atoms with Crippen molar-refractivity contribution in [3.63, 3.8) is 0 Å². The van der Waals surface area contributed by atoms with Crippen molar-refractivity contribution in [3.8, 4) is 0 Å². The van der Waals surface area contributed by atoms with Crippen LogP contribution < -0.4 is 10.0 Å². The molecule has 2 N–H and O–H groups in total. The van der Waals surface area contributed by atoms with Gasteiger partial charge in [-0.3, -0.25) is 9.59 Å². The first-order valence-corrected chi connectivity index (χ1v) is 12.5. The molecule has 1 atom stereocenters. The highest BCUT2D eigenvalue weighted by Crippen LogP contribution is 2.22. The van der Waals surface area contributed by atoms with Gasteiger partial charge in [-0.15, -0.1) is 0 Å². The number of likely N-dealkylation sites (N-methyl/N-ethyl adjacent to an activating group) is 1. The van der Waals surface area contributed by atoms with Gasteiger partial charge in [0.15, 0.2) is 0 Å². The number of amides is 2. The number of rotatable bonds is 11. The molecule has 0 aromatic heterocycles. The summed E-state index contributed by atoms with van der Waals surface area (Å²) in [6.07, 6.45) is 2.45. The number of carbonyl (C=O) groups excluding carboxylic acids is 2. The van der Waals surface area contributed by atoms with Crippen molar-refractivity contribution >= 4 is 21.8 Å². The third kappa shape index (κ3) is 6.64. The number of aryl methyl sites for hydroxylation is 1. The Labute approximate surface area is 190 Å². The summed E-state index contributed by atoms with van der Waals surface area (Å²) in [6.45, 7) is 4.43. The van der Waals surface area contributed by atoms with E-state index < -0.39 is 16.1 Å². The molecule has 1 unspecified atom stereocenters. The Bertz CT molecular complexity index is 1020. The lowest BCUT2D eigenvalue weighted by Gasteiger charge is -2.28. The van der Waals surface area contributed by atoms with Gasteiger partial charge >= 0.3 is 0 Å². The average molecular weight is 458 g/mol. The fourth-order valence-electron chi connectivity index (χ4n) is 3.40. The minimum Gasteiger partial charge on any atom is -0.355 e. The highest BCUT2D eigenvalue weighted by atomic mass is 32.2. The van der Waals surface area contributed by atoms with E-state index in [1.54, 1.807) is 36.1 Å². The van der Waals surface area contributed by atoms with Crippen molar-refractivity contribution in [2.24, 2.45) is 0 Å². The predicted molar refractivity (Wildman–Crippen MR) is 123 cm³/mol. The summed E-state index contributed by atoms with van der Waals surface area (Å²) in [7, 11) is -3.49. The number of hydrogen-bond acceptors (Lipinski definition) is 4. The fraction of sp³-hybridized carbons (Fsp3) is 0.417. The normalized spacial score (nSPS) is 14.6. The van der Waals surface area contributed by atoms with Gasteiger partial charge in [0.05, 0.1) is 4.90 Å². The van der Waals surface area contributed by atoms with Gasteiger partial charge in [-0.1, -0.05) is 42.5 Å². The summed E-state index contributed by atoms with van der Waals surface area (Å²) in [5.74, 6) is -0.311. The van der Waals surface area contributed by atoms with Crippen LogP contribution in [0.5, 0.6) is 0 Å². The smallest absolute Gasteiger partial charge is 0.242 e. The zero-order valence-corrected chi connectivity index (χ0v) is 19.4. The van der Waals surface area contributed by atoms with E-state index in [0.29, 0.717) is 19.5 Å². The van der Waals surface area contributed by atoms with Gasteiger partial charge in [0.25, 0.3) is 0 Å². The van der Waals surface area contributed by atoms with Crippen molar-refractivity contribution in [1.82, 2.24) is 14.9 Å². The van der Waals surface area contributed by atoms with E-state index >= 15 is 0 Å². The Morgan fingerprint density at radius 1 is 1.03 bits per heavy atom. The van der Waals surface area contributed by atoms with Crippen molar-refractivity contribution < 1.29 is 18.0 Å². The minimum atomic E-state index is -3.49. The SMILES string of the molecule is CCNC(=O)C(C)N(Cc1ccccc1)C(=O)CCc1ccc(S(=O)(=O)NC2CC2)cc1. The van der Waals surface area contributed by atoms with Crippen LogP contribution in [-0.4, -0.2) is 43.8 Å². The van der Waals surface area contributed by atoms with E-state index in [-0.39, 0.29) is 29.2 Å². The standard InChI is InChI=1S/C24H31N3O4S/c1-3-25-24(29)18(2)27(17-20-7-5-4-6-8-20)23(28)16-11-19-9-14-22(15-10-19)32(30,31)26-21-12-13-21/h4-10,14-15,18,21,26H,3,11-13,16-17H2,1-2H3,(H,25,29).